The van der Waals surface area contributed by atoms with E-state index in [1.807, 2.05) is 23.9 Å². The number of rotatable bonds is 7. The highest BCUT2D eigenvalue weighted by Gasteiger charge is 2.23. The fourth-order valence-corrected chi connectivity index (χ4v) is 2.25. The first kappa shape index (κ1) is 17.2. The summed E-state index contributed by atoms with van der Waals surface area (Å²) in [5, 5.41) is 9.35. The minimum absolute atomic E-state index is 0.108. The van der Waals surface area contributed by atoms with Crippen LogP contribution >= 0.6 is 11.8 Å². The highest BCUT2D eigenvalue weighted by atomic mass is 32.2. The molecule has 2 rings (SSSR count). The van der Waals surface area contributed by atoms with Gasteiger partial charge in [0.1, 0.15) is 0 Å². The third-order valence-corrected chi connectivity index (χ3v) is 5.22. The van der Waals surface area contributed by atoms with Crippen molar-refractivity contribution in [2.75, 3.05) is 18.1 Å². The topological polar surface area (TPSA) is 53.2 Å². The van der Waals surface area contributed by atoms with Crippen molar-refractivity contribution in [3.8, 4) is 0 Å². The number of hydrogen-bond donors (Lipinski definition) is 3. The van der Waals surface area contributed by atoms with Crippen LogP contribution < -0.4 is 16.0 Å². The maximum absolute atomic E-state index is 11.7. The van der Waals surface area contributed by atoms with Crippen molar-refractivity contribution < 1.29 is 4.79 Å². The highest BCUT2D eigenvalue weighted by molar-refractivity contribution is 7.99. The van der Waals surface area contributed by atoms with Crippen molar-refractivity contribution in [2.24, 2.45) is 0 Å². The lowest BCUT2D eigenvalue weighted by molar-refractivity contribution is 0.251. The Hall–Kier alpha value is -1.20. The predicted octanol–water partition coefficient (Wildman–Crippen LogP) is 3.76. The fourth-order valence-electron chi connectivity index (χ4n) is 2.02. The number of carbonyl (C=O) groups excluding carboxylic acids is 1. The molecule has 122 valence electrons. The Morgan fingerprint density at radius 3 is 2.50 bits per heavy atom. The van der Waals surface area contributed by atoms with Crippen LogP contribution in [0.15, 0.2) is 24.3 Å². The molecular weight excluding hydrogens is 294 g/mol. The molecule has 5 heteroatoms. The number of thioether (sulfide) groups is 1. The molecule has 1 aliphatic rings. The van der Waals surface area contributed by atoms with Crippen molar-refractivity contribution in [2.45, 2.75) is 50.4 Å². The third kappa shape index (κ3) is 5.54. The molecule has 3 N–H and O–H groups in total. The van der Waals surface area contributed by atoms with Crippen LogP contribution in [0, 0.1) is 0 Å². The molecule has 0 unspecified atom stereocenters. The van der Waals surface area contributed by atoms with E-state index in [1.165, 1.54) is 5.56 Å². The lowest BCUT2D eigenvalue weighted by atomic mass is 10.1. The normalized spacial score (nSPS) is 16.2. The number of hydrogen-bond acceptors (Lipinski definition) is 3. The molecule has 1 aromatic rings. The maximum atomic E-state index is 11.7. The zero-order chi connectivity index (χ0) is 16.2. The lowest BCUT2D eigenvalue weighted by Crippen LogP contribution is -2.33. The molecule has 0 bridgehead atoms. The Bertz CT molecular complexity index is 497. The number of amides is 2. The van der Waals surface area contributed by atoms with Gasteiger partial charge >= 0.3 is 6.03 Å². The summed E-state index contributed by atoms with van der Waals surface area (Å²) in [6.45, 7) is 7.60. The molecule has 0 aliphatic heterocycles. The van der Waals surface area contributed by atoms with Gasteiger partial charge in [-0.1, -0.05) is 12.1 Å². The van der Waals surface area contributed by atoms with Crippen LogP contribution in [0.2, 0.25) is 0 Å². The molecule has 1 aromatic carbocycles. The average molecular weight is 321 g/mol. The summed E-state index contributed by atoms with van der Waals surface area (Å²) in [4.78, 5) is 11.7. The van der Waals surface area contributed by atoms with Crippen molar-refractivity contribution in [3.63, 3.8) is 0 Å². The fraction of sp³-hybridized carbons (Fsp3) is 0.588. The molecular formula is C17H27N3OS. The smallest absolute Gasteiger partial charge is 0.319 e. The van der Waals surface area contributed by atoms with Crippen molar-refractivity contribution >= 4 is 23.5 Å². The van der Waals surface area contributed by atoms with Gasteiger partial charge in [0.2, 0.25) is 0 Å². The molecule has 1 fully saturated rings. The summed E-state index contributed by atoms with van der Waals surface area (Å²) in [6, 6.07) is 8.61. The zero-order valence-corrected chi connectivity index (χ0v) is 14.7. The Morgan fingerprint density at radius 1 is 1.32 bits per heavy atom. The van der Waals surface area contributed by atoms with Gasteiger partial charge in [0.25, 0.3) is 0 Å². The Labute approximate surface area is 137 Å². The van der Waals surface area contributed by atoms with Crippen LogP contribution in [0.4, 0.5) is 10.5 Å². The minimum atomic E-state index is -0.108. The molecule has 0 radical (unpaired) electrons. The van der Waals surface area contributed by atoms with Gasteiger partial charge in [0.05, 0.1) is 0 Å². The maximum Gasteiger partial charge on any atom is 0.319 e. The van der Waals surface area contributed by atoms with E-state index in [-0.39, 0.29) is 10.8 Å². The molecule has 0 heterocycles. The summed E-state index contributed by atoms with van der Waals surface area (Å²) in [5.74, 6) is 0. The van der Waals surface area contributed by atoms with Gasteiger partial charge in [-0.2, -0.15) is 11.8 Å². The van der Waals surface area contributed by atoms with Crippen LogP contribution in [-0.2, 0) is 0 Å². The second-order valence-corrected chi connectivity index (χ2v) is 8.07. The summed E-state index contributed by atoms with van der Waals surface area (Å²) in [7, 11) is 0. The van der Waals surface area contributed by atoms with Crippen LogP contribution in [-0.4, -0.2) is 29.6 Å². The van der Waals surface area contributed by atoms with E-state index in [9.17, 15) is 4.79 Å². The summed E-state index contributed by atoms with van der Waals surface area (Å²) in [6.07, 6.45) is 4.34. The third-order valence-electron chi connectivity index (χ3n) is 3.97. The lowest BCUT2D eigenvalue weighted by Gasteiger charge is -2.25. The van der Waals surface area contributed by atoms with Crippen LogP contribution in [0.3, 0.4) is 0 Å². The Kier molecular flexibility index (Phi) is 5.75. The van der Waals surface area contributed by atoms with Gasteiger partial charge in [-0.15, -0.1) is 0 Å². The molecule has 1 saturated carbocycles. The van der Waals surface area contributed by atoms with Gasteiger partial charge < -0.3 is 16.0 Å². The second-order valence-electron chi connectivity index (χ2n) is 6.56. The Morgan fingerprint density at radius 2 is 1.95 bits per heavy atom. The van der Waals surface area contributed by atoms with Crippen molar-refractivity contribution in [3.05, 3.63) is 29.8 Å². The summed E-state index contributed by atoms with van der Waals surface area (Å²) in [5.41, 5.74) is 2.06. The van der Waals surface area contributed by atoms with E-state index >= 15 is 0 Å². The first-order valence-electron chi connectivity index (χ1n) is 7.85. The molecule has 0 spiro atoms. The van der Waals surface area contributed by atoms with Crippen LogP contribution in [0.25, 0.3) is 0 Å². The molecule has 22 heavy (non-hydrogen) atoms. The first-order chi connectivity index (χ1) is 10.4. The minimum Gasteiger partial charge on any atom is -0.335 e. The van der Waals surface area contributed by atoms with Gasteiger partial charge in [-0.3, -0.25) is 0 Å². The highest BCUT2D eigenvalue weighted by Crippen LogP contribution is 2.22. The van der Waals surface area contributed by atoms with E-state index in [0.29, 0.717) is 12.1 Å². The van der Waals surface area contributed by atoms with Gasteiger partial charge in [0, 0.05) is 29.1 Å². The predicted molar refractivity (Wildman–Crippen MR) is 95.6 cm³/mol. The standard InChI is InChI=1S/C17H27N3OS/c1-12(18-11-17(2,3)22-4)13-5-7-14(8-6-13)19-16(21)20-15-9-10-15/h5-8,12,15,18H,9-11H2,1-4H3,(H2,19,20,21)/t12-/m1/s1. The zero-order valence-electron chi connectivity index (χ0n) is 13.9. The van der Waals surface area contributed by atoms with Gasteiger partial charge in [-0.05, 0) is 57.6 Å². The molecule has 1 atom stereocenters. The van der Waals surface area contributed by atoms with Gasteiger partial charge in [-0.25, -0.2) is 4.79 Å². The van der Waals surface area contributed by atoms with E-state index < -0.39 is 0 Å². The van der Waals surface area contributed by atoms with E-state index in [1.54, 1.807) is 0 Å². The van der Waals surface area contributed by atoms with Crippen molar-refractivity contribution in [1.82, 2.24) is 10.6 Å². The van der Waals surface area contributed by atoms with E-state index in [2.05, 4.69) is 55.1 Å². The number of anilines is 1. The van der Waals surface area contributed by atoms with E-state index in [0.717, 1.165) is 25.1 Å². The number of benzene rings is 1. The van der Waals surface area contributed by atoms with Gasteiger partial charge in [0.15, 0.2) is 0 Å². The van der Waals surface area contributed by atoms with Crippen LogP contribution in [0.1, 0.15) is 45.2 Å². The quantitative estimate of drug-likeness (QED) is 0.716. The molecule has 4 nitrogen and oxygen atoms in total. The number of urea groups is 1. The second kappa shape index (κ2) is 7.38. The first-order valence-corrected chi connectivity index (χ1v) is 9.08. The molecule has 2 amide bonds. The number of carbonyl (C=O) groups is 1. The Balaban J connectivity index is 1.83. The van der Waals surface area contributed by atoms with E-state index in [4.69, 9.17) is 0 Å². The summed E-state index contributed by atoms with van der Waals surface area (Å²) < 4.78 is 0.233. The summed E-state index contributed by atoms with van der Waals surface area (Å²) >= 11 is 1.87. The molecule has 0 aromatic heterocycles. The molecule has 1 aliphatic carbocycles. The van der Waals surface area contributed by atoms with Crippen molar-refractivity contribution in [1.29, 1.82) is 0 Å². The SMILES string of the molecule is CSC(C)(C)CN[C@H](C)c1ccc(NC(=O)NC2CC2)cc1. The average Bonchev–Trinajstić information content (AvgIpc) is 3.29. The molecule has 0 saturated heterocycles. The monoisotopic (exact) mass is 321 g/mol. The number of nitrogens with one attached hydrogen (secondary N) is 3. The van der Waals surface area contributed by atoms with Crippen LogP contribution in [0.5, 0.6) is 0 Å². The largest absolute Gasteiger partial charge is 0.335 e.